The first-order valence-electron chi connectivity index (χ1n) is 7.67. The van der Waals surface area contributed by atoms with Gasteiger partial charge < -0.3 is 10.4 Å². The Morgan fingerprint density at radius 1 is 1.00 bits per heavy atom. The maximum Gasteiger partial charge on any atom is 0.0462 e. The zero-order valence-corrected chi connectivity index (χ0v) is 11.3. The molecule has 0 radical (unpaired) electrons. The summed E-state index contributed by atoms with van der Waals surface area (Å²) >= 11 is 0. The third-order valence-corrected chi connectivity index (χ3v) is 5.14. The number of aliphatic hydroxyl groups is 1. The molecule has 0 aromatic carbocycles. The van der Waals surface area contributed by atoms with Crippen LogP contribution in [0.1, 0.15) is 58.3 Å². The van der Waals surface area contributed by atoms with Crippen molar-refractivity contribution in [3.8, 4) is 0 Å². The summed E-state index contributed by atoms with van der Waals surface area (Å²) in [6.45, 7) is 3.87. The van der Waals surface area contributed by atoms with Crippen molar-refractivity contribution in [3.05, 3.63) is 0 Å². The van der Waals surface area contributed by atoms with Crippen LogP contribution in [-0.2, 0) is 0 Å². The highest BCUT2D eigenvalue weighted by Gasteiger charge is 2.27. The van der Waals surface area contributed by atoms with Gasteiger partial charge in [-0.2, -0.15) is 0 Å². The molecule has 17 heavy (non-hydrogen) atoms. The van der Waals surface area contributed by atoms with Crippen LogP contribution in [0.4, 0.5) is 0 Å². The molecular formula is C15H29NO. The molecule has 0 aromatic heterocycles. The lowest BCUT2D eigenvalue weighted by Crippen LogP contribution is -2.37. The predicted molar refractivity (Wildman–Crippen MR) is 72.0 cm³/mol. The topological polar surface area (TPSA) is 32.3 Å². The van der Waals surface area contributed by atoms with E-state index in [9.17, 15) is 5.11 Å². The Kier molecular flexibility index (Phi) is 5.30. The number of hydrogen-bond acceptors (Lipinski definition) is 2. The molecule has 2 unspecified atom stereocenters. The number of aliphatic hydroxyl groups excluding tert-OH is 1. The van der Waals surface area contributed by atoms with Crippen LogP contribution < -0.4 is 5.32 Å². The van der Waals surface area contributed by atoms with Crippen LogP contribution in [-0.4, -0.2) is 24.3 Å². The molecule has 2 rings (SSSR count). The SMILES string of the molecule is CCC1CCC(NCC2CCCC2CO)CC1. The van der Waals surface area contributed by atoms with Gasteiger partial charge in [-0.1, -0.05) is 19.8 Å². The normalized spacial score (nSPS) is 38.5. The molecule has 2 fully saturated rings. The summed E-state index contributed by atoms with van der Waals surface area (Å²) in [4.78, 5) is 0. The van der Waals surface area contributed by atoms with E-state index in [0.717, 1.165) is 24.4 Å². The van der Waals surface area contributed by atoms with E-state index in [0.29, 0.717) is 12.5 Å². The Morgan fingerprint density at radius 3 is 2.35 bits per heavy atom. The van der Waals surface area contributed by atoms with Crippen LogP contribution in [0, 0.1) is 17.8 Å². The molecule has 0 heterocycles. The first kappa shape index (κ1) is 13.4. The molecule has 0 spiro atoms. The molecule has 0 aliphatic heterocycles. The molecule has 100 valence electrons. The van der Waals surface area contributed by atoms with Gasteiger partial charge in [0.25, 0.3) is 0 Å². The third kappa shape index (κ3) is 3.69. The lowest BCUT2D eigenvalue weighted by molar-refractivity contribution is 0.185. The zero-order valence-electron chi connectivity index (χ0n) is 11.3. The van der Waals surface area contributed by atoms with Gasteiger partial charge in [-0.05, 0) is 62.8 Å². The zero-order chi connectivity index (χ0) is 12.1. The average molecular weight is 239 g/mol. The molecule has 2 heteroatoms. The van der Waals surface area contributed by atoms with Crippen molar-refractivity contribution in [1.82, 2.24) is 5.32 Å². The summed E-state index contributed by atoms with van der Waals surface area (Å²) in [6.07, 6.45) is 10.8. The fourth-order valence-corrected chi connectivity index (χ4v) is 3.72. The number of hydrogen-bond donors (Lipinski definition) is 2. The van der Waals surface area contributed by atoms with Gasteiger partial charge in [0.1, 0.15) is 0 Å². The van der Waals surface area contributed by atoms with Gasteiger partial charge in [0.2, 0.25) is 0 Å². The summed E-state index contributed by atoms with van der Waals surface area (Å²) < 4.78 is 0. The van der Waals surface area contributed by atoms with Crippen molar-refractivity contribution in [2.45, 2.75) is 64.3 Å². The van der Waals surface area contributed by atoms with Crippen molar-refractivity contribution in [2.24, 2.45) is 17.8 Å². The number of nitrogens with one attached hydrogen (secondary N) is 1. The van der Waals surface area contributed by atoms with Crippen LogP contribution in [0.5, 0.6) is 0 Å². The first-order chi connectivity index (χ1) is 8.33. The summed E-state index contributed by atoms with van der Waals surface area (Å²) in [7, 11) is 0. The van der Waals surface area contributed by atoms with E-state index in [2.05, 4.69) is 12.2 Å². The smallest absolute Gasteiger partial charge is 0.0462 e. The molecule has 2 aliphatic carbocycles. The largest absolute Gasteiger partial charge is 0.396 e. The van der Waals surface area contributed by atoms with E-state index in [-0.39, 0.29) is 0 Å². The van der Waals surface area contributed by atoms with Crippen LogP contribution in [0.3, 0.4) is 0 Å². The molecular weight excluding hydrogens is 210 g/mol. The van der Waals surface area contributed by atoms with Gasteiger partial charge in [0.15, 0.2) is 0 Å². The maximum atomic E-state index is 9.31. The van der Waals surface area contributed by atoms with E-state index >= 15 is 0 Å². The first-order valence-corrected chi connectivity index (χ1v) is 7.67. The molecule has 2 atom stereocenters. The van der Waals surface area contributed by atoms with Crippen molar-refractivity contribution in [2.75, 3.05) is 13.2 Å². The van der Waals surface area contributed by atoms with Gasteiger partial charge in [0, 0.05) is 12.6 Å². The Bertz CT molecular complexity index is 211. The monoisotopic (exact) mass is 239 g/mol. The highest BCUT2D eigenvalue weighted by atomic mass is 16.3. The molecule has 2 saturated carbocycles. The molecule has 0 amide bonds. The van der Waals surface area contributed by atoms with Gasteiger partial charge in [-0.25, -0.2) is 0 Å². The van der Waals surface area contributed by atoms with E-state index in [1.807, 2.05) is 0 Å². The molecule has 2 N–H and O–H groups in total. The second-order valence-electron chi connectivity index (χ2n) is 6.17. The summed E-state index contributed by atoms with van der Waals surface area (Å²) in [5, 5.41) is 13.1. The van der Waals surface area contributed by atoms with Gasteiger partial charge in [-0.15, -0.1) is 0 Å². The Balaban J connectivity index is 1.65. The second kappa shape index (κ2) is 6.75. The second-order valence-corrected chi connectivity index (χ2v) is 6.17. The van der Waals surface area contributed by atoms with Crippen LogP contribution >= 0.6 is 0 Å². The van der Waals surface area contributed by atoms with Crippen molar-refractivity contribution in [3.63, 3.8) is 0 Å². The standard InChI is InChI=1S/C15H29NO/c1-2-12-6-8-15(9-7-12)16-10-13-4-3-5-14(13)11-17/h12-17H,2-11H2,1H3. The maximum absolute atomic E-state index is 9.31. The Hall–Kier alpha value is -0.0800. The van der Waals surface area contributed by atoms with Gasteiger partial charge in [0.05, 0.1) is 0 Å². The highest BCUT2D eigenvalue weighted by Crippen LogP contribution is 2.31. The fraction of sp³-hybridized carbons (Fsp3) is 1.00. The summed E-state index contributed by atoms with van der Waals surface area (Å²) in [6, 6.07) is 0.762. The van der Waals surface area contributed by atoms with Crippen LogP contribution in [0.15, 0.2) is 0 Å². The quantitative estimate of drug-likeness (QED) is 0.773. The lowest BCUT2D eigenvalue weighted by atomic mass is 9.84. The predicted octanol–water partition coefficient (Wildman–Crippen LogP) is 2.95. The van der Waals surface area contributed by atoms with Gasteiger partial charge >= 0.3 is 0 Å². The fourth-order valence-electron chi connectivity index (χ4n) is 3.72. The van der Waals surface area contributed by atoms with E-state index in [1.165, 1.54) is 51.4 Å². The van der Waals surface area contributed by atoms with Gasteiger partial charge in [-0.3, -0.25) is 0 Å². The Labute approximate surface area is 106 Å². The lowest BCUT2D eigenvalue weighted by Gasteiger charge is -2.30. The van der Waals surface area contributed by atoms with Crippen LogP contribution in [0.2, 0.25) is 0 Å². The highest BCUT2D eigenvalue weighted by molar-refractivity contribution is 4.82. The molecule has 0 saturated heterocycles. The summed E-state index contributed by atoms with van der Waals surface area (Å²) in [5.41, 5.74) is 0. The molecule has 0 bridgehead atoms. The van der Waals surface area contributed by atoms with Crippen molar-refractivity contribution < 1.29 is 5.11 Å². The minimum absolute atomic E-state index is 0.398. The van der Waals surface area contributed by atoms with Crippen LogP contribution in [0.25, 0.3) is 0 Å². The van der Waals surface area contributed by atoms with E-state index in [1.54, 1.807) is 0 Å². The van der Waals surface area contributed by atoms with E-state index < -0.39 is 0 Å². The number of rotatable bonds is 5. The minimum atomic E-state index is 0.398. The van der Waals surface area contributed by atoms with E-state index in [4.69, 9.17) is 0 Å². The Morgan fingerprint density at radius 2 is 1.71 bits per heavy atom. The minimum Gasteiger partial charge on any atom is -0.396 e. The molecule has 2 aliphatic rings. The average Bonchev–Trinajstić information content (AvgIpc) is 2.84. The summed E-state index contributed by atoms with van der Waals surface area (Å²) in [5.74, 6) is 2.31. The van der Waals surface area contributed by atoms with Crippen molar-refractivity contribution in [1.29, 1.82) is 0 Å². The van der Waals surface area contributed by atoms with Crippen molar-refractivity contribution >= 4 is 0 Å². The molecule has 2 nitrogen and oxygen atoms in total. The molecule has 0 aromatic rings. The third-order valence-electron chi connectivity index (χ3n) is 5.14.